The minimum Gasteiger partial charge on any atom is -0.350 e. The molecule has 0 radical (unpaired) electrons. The second-order valence-electron chi connectivity index (χ2n) is 5.56. The van der Waals surface area contributed by atoms with E-state index >= 15 is 0 Å². The molecular formula is C13H22N4O. The van der Waals surface area contributed by atoms with Crippen LogP contribution >= 0.6 is 0 Å². The SMILES string of the molecule is CC1CCCC(N)(C(=O)NCc2cnn(C)c2)C1. The Labute approximate surface area is 108 Å². The molecule has 1 fully saturated rings. The summed E-state index contributed by atoms with van der Waals surface area (Å²) in [5.74, 6) is 0.505. The first-order valence-corrected chi connectivity index (χ1v) is 6.54. The molecule has 2 rings (SSSR count). The molecule has 0 aliphatic heterocycles. The van der Waals surface area contributed by atoms with Gasteiger partial charge in [0.25, 0.3) is 0 Å². The zero-order chi connectivity index (χ0) is 13.2. The summed E-state index contributed by atoms with van der Waals surface area (Å²) in [4.78, 5) is 12.2. The van der Waals surface area contributed by atoms with E-state index < -0.39 is 5.54 Å². The first-order chi connectivity index (χ1) is 8.49. The standard InChI is InChI=1S/C13H22N4O/c1-10-4-3-5-13(14,6-10)12(18)15-7-11-8-16-17(2)9-11/h8-10H,3-7,14H2,1-2H3,(H,15,18). The van der Waals surface area contributed by atoms with Crippen molar-refractivity contribution in [1.82, 2.24) is 15.1 Å². The summed E-state index contributed by atoms with van der Waals surface area (Å²) in [6.45, 7) is 2.66. The molecule has 1 aromatic heterocycles. The number of rotatable bonds is 3. The number of aromatic nitrogens is 2. The Morgan fingerprint density at radius 2 is 2.50 bits per heavy atom. The predicted molar refractivity (Wildman–Crippen MR) is 69.6 cm³/mol. The predicted octanol–water partition coefficient (Wildman–Crippen LogP) is 0.944. The van der Waals surface area contributed by atoms with E-state index in [4.69, 9.17) is 5.73 Å². The summed E-state index contributed by atoms with van der Waals surface area (Å²) in [6.07, 6.45) is 7.44. The van der Waals surface area contributed by atoms with Crippen molar-refractivity contribution in [2.45, 2.75) is 44.7 Å². The molecule has 0 spiro atoms. The van der Waals surface area contributed by atoms with Gasteiger partial charge in [-0.1, -0.05) is 19.8 Å². The molecule has 2 atom stereocenters. The Morgan fingerprint density at radius 1 is 1.72 bits per heavy atom. The average molecular weight is 250 g/mol. The number of nitrogens with zero attached hydrogens (tertiary/aromatic N) is 2. The monoisotopic (exact) mass is 250 g/mol. The quantitative estimate of drug-likeness (QED) is 0.838. The highest BCUT2D eigenvalue weighted by molar-refractivity contribution is 5.86. The van der Waals surface area contributed by atoms with E-state index in [9.17, 15) is 4.79 Å². The molecule has 0 aromatic carbocycles. The number of carbonyl (C=O) groups excluding carboxylic acids is 1. The Morgan fingerprint density at radius 3 is 3.11 bits per heavy atom. The number of aryl methyl sites for hydroxylation is 1. The molecule has 1 aliphatic rings. The fourth-order valence-electron chi connectivity index (χ4n) is 2.72. The summed E-state index contributed by atoms with van der Waals surface area (Å²) in [7, 11) is 1.86. The zero-order valence-corrected chi connectivity index (χ0v) is 11.1. The Bertz CT molecular complexity index is 428. The largest absolute Gasteiger partial charge is 0.350 e. The van der Waals surface area contributed by atoms with Gasteiger partial charge in [-0.05, 0) is 18.8 Å². The molecule has 18 heavy (non-hydrogen) atoms. The van der Waals surface area contributed by atoms with Crippen molar-refractivity contribution in [3.8, 4) is 0 Å². The van der Waals surface area contributed by atoms with Gasteiger partial charge in [-0.25, -0.2) is 0 Å². The van der Waals surface area contributed by atoms with Crippen molar-refractivity contribution in [3.63, 3.8) is 0 Å². The molecule has 0 bridgehead atoms. The number of nitrogens with two attached hydrogens (primary N) is 1. The van der Waals surface area contributed by atoms with Crippen LogP contribution in [0.4, 0.5) is 0 Å². The van der Waals surface area contributed by atoms with Gasteiger partial charge in [0, 0.05) is 25.4 Å². The maximum Gasteiger partial charge on any atom is 0.240 e. The lowest BCUT2D eigenvalue weighted by atomic mass is 9.76. The lowest BCUT2D eigenvalue weighted by Crippen LogP contribution is -2.56. The molecule has 1 saturated carbocycles. The molecule has 5 heteroatoms. The minimum absolute atomic E-state index is 0.0297. The van der Waals surface area contributed by atoms with Gasteiger partial charge < -0.3 is 11.1 Å². The normalized spacial score (nSPS) is 28.1. The molecule has 5 nitrogen and oxygen atoms in total. The Balaban J connectivity index is 1.91. The van der Waals surface area contributed by atoms with Gasteiger partial charge in [0.2, 0.25) is 5.91 Å². The molecule has 100 valence electrons. The van der Waals surface area contributed by atoms with Gasteiger partial charge in [0.1, 0.15) is 0 Å². The van der Waals surface area contributed by atoms with E-state index in [1.165, 1.54) is 6.42 Å². The fourth-order valence-corrected chi connectivity index (χ4v) is 2.72. The van der Waals surface area contributed by atoms with E-state index in [-0.39, 0.29) is 5.91 Å². The molecule has 2 unspecified atom stereocenters. The summed E-state index contributed by atoms with van der Waals surface area (Å²) in [6, 6.07) is 0. The van der Waals surface area contributed by atoms with Gasteiger partial charge in [0.15, 0.2) is 0 Å². The second-order valence-corrected chi connectivity index (χ2v) is 5.56. The van der Waals surface area contributed by atoms with E-state index in [2.05, 4.69) is 17.3 Å². The van der Waals surface area contributed by atoms with Crippen LogP contribution in [0.3, 0.4) is 0 Å². The van der Waals surface area contributed by atoms with Crippen molar-refractivity contribution in [2.75, 3.05) is 0 Å². The number of hydrogen-bond donors (Lipinski definition) is 2. The first-order valence-electron chi connectivity index (χ1n) is 6.54. The van der Waals surface area contributed by atoms with Crippen molar-refractivity contribution in [3.05, 3.63) is 18.0 Å². The number of carbonyl (C=O) groups is 1. The van der Waals surface area contributed by atoms with E-state index in [0.29, 0.717) is 12.5 Å². The summed E-state index contributed by atoms with van der Waals surface area (Å²) in [5, 5.41) is 7.00. The van der Waals surface area contributed by atoms with Crippen LogP contribution in [0.1, 0.15) is 38.2 Å². The molecule has 3 N–H and O–H groups in total. The molecule has 1 heterocycles. The lowest BCUT2D eigenvalue weighted by molar-refractivity contribution is -0.128. The van der Waals surface area contributed by atoms with Gasteiger partial charge in [-0.3, -0.25) is 9.48 Å². The summed E-state index contributed by atoms with van der Waals surface area (Å²) < 4.78 is 1.72. The third-order valence-electron chi connectivity index (χ3n) is 3.70. The zero-order valence-electron chi connectivity index (χ0n) is 11.1. The van der Waals surface area contributed by atoms with Crippen molar-refractivity contribution >= 4 is 5.91 Å². The fraction of sp³-hybridized carbons (Fsp3) is 0.692. The van der Waals surface area contributed by atoms with Crippen LogP contribution in [0, 0.1) is 5.92 Å². The summed E-state index contributed by atoms with van der Waals surface area (Å²) in [5.41, 5.74) is 6.55. The average Bonchev–Trinajstić information content (AvgIpc) is 2.71. The van der Waals surface area contributed by atoms with Crippen LogP contribution in [0.25, 0.3) is 0 Å². The maximum atomic E-state index is 12.2. The smallest absolute Gasteiger partial charge is 0.240 e. The Hall–Kier alpha value is -1.36. The summed E-state index contributed by atoms with van der Waals surface area (Å²) >= 11 is 0. The topological polar surface area (TPSA) is 72.9 Å². The molecule has 0 saturated heterocycles. The van der Waals surface area contributed by atoms with Gasteiger partial charge in [0.05, 0.1) is 11.7 Å². The van der Waals surface area contributed by atoms with Crippen LogP contribution in [0.2, 0.25) is 0 Å². The highest BCUT2D eigenvalue weighted by Crippen LogP contribution is 2.30. The molecule has 1 aliphatic carbocycles. The lowest BCUT2D eigenvalue weighted by Gasteiger charge is -2.35. The Kier molecular flexibility index (Phi) is 3.71. The first kappa shape index (κ1) is 13.1. The van der Waals surface area contributed by atoms with Gasteiger partial charge >= 0.3 is 0 Å². The van der Waals surface area contributed by atoms with Crippen LogP contribution in [-0.4, -0.2) is 21.2 Å². The number of nitrogens with one attached hydrogen (secondary N) is 1. The van der Waals surface area contributed by atoms with E-state index in [1.807, 2.05) is 13.2 Å². The number of hydrogen-bond acceptors (Lipinski definition) is 3. The van der Waals surface area contributed by atoms with Crippen LogP contribution in [0.5, 0.6) is 0 Å². The van der Waals surface area contributed by atoms with Crippen molar-refractivity contribution < 1.29 is 4.79 Å². The van der Waals surface area contributed by atoms with Crippen LogP contribution in [0.15, 0.2) is 12.4 Å². The third kappa shape index (κ3) is 2.90. The van der Waals surface area contributed by atoms with Crippen molar-refractivity contribution in [1.29, 1.82) is 0 Å². The highest BCUT2D eigenvalue weighted by Gasteiger charge is 2.37. The van der Waals surface area contributed by atoms with E-state index in [1.54, 1.807) is 10.9 Å². The highest BCUT2D eigenvalue weighted by atomic mass is 16.2. The van der Waals surface area contributed by atoms with Gasteiger partial charge in [-0.15, -0.1) is 0 Å². The van der Waals surface area contributed by atoms with Crippen LogP contribution < -0.4 is 11.1 Å². The molecule has 1 amide bonds. The number of amides is 1. The molecule has 1 aromatic rings. The minimum atomic E-state index is -0.681. The maximum absolute atomic E-state index is 12.2. The second kappa shape index (κ2) is 5.10. The molecular weight excluding hydrogens is 228 g/mol. The van der Waals surface area contributed by atoms with Crippen LogP contribution in [-0.2, 0) is 18.4 Å². The third-order valence-corrected chi connectivity index (χ3v) is 3.70. The van der Waals surface area contributed by atoms with Gasteiger partial charge in [-0.2, -0.15) is 5.10 Å². The van der Waals surface area contributed by atoms with Crippen molar-refractivity contribution in [2.24, 2.45) is 18.7 Å². The van der Waals surface area contributed by atoms with E-state index in [0.717, 1.165) is 24.8 Å².